The van der Waals surface area contributed by atoms with Gasteiger partial charge in [-0.3, -0.25) is 4.57 Å². The number of H-pyrrole nitrogens is 1. The normalized spacial score (nSPS) is 17.7. The second-order valence-corrected chi connectivity index (χ2v) is 2.84. The summed E-state index contributed by atoms with van der Waals surface area (Å²) in [5, 5.41) is 0. The van der Waals surface area contributed by atoms with Gasteiger partial charge in [0.15, 0.2) is 0 Å². The van der Waals surface area contributed by atoms with Gasteiger partial charge in [0.1, 0.15) is 0 Å². The molecule has 0 atom stereocenters. The molecule has 1 aliphatic carbocycles. The first-order valence-electron chi connectivity index (χ1n) is 3.55. The Kier molecular flexibility index (Phi) is 1.01. The smallest absolute Gasteiger partial charge is 0.312 e. The Bertz CT molecular complexity index is 293. The largest absolute Gasteiger partial charge is 0.325 e. The van der Waals surface area contributed by atoms with E-state index in [1.54, 1.807) is 6.20 Å². The molecule has 0 saturated heterocycles. The molecular weight excluding hydrogens is 128 g/mol. The summed E-state index contributed by atoms with van der Waals surface area (Å²) in [6, 6.07) is 0.499. The van der Waals surface area contributed by atoms with Gasteiger partial charge in [0.25, 0.3) is 0 Å². The predicted octanol–water partition coefficient (Wildman–Crippen LogP) is 0.820. The van der Waals surface area contributed by atoms with Gasteiger partial charge >= 0.3 is 5.69 Å². The molecule has 10 heavy (non-hydrogen) atoms. The van der Waals surface area contributed by atoms with E-state index in [1.807, 2.05) is 11.5 Å². The van der Waals surface area contributed by atoms with Crippen molar-refractivity contribution in [2.75, 3.05) is 0 Å². The van der Waals surface area contributed by atoms with Gasteiger partial charge in [-0.15, -0.1) is 0 Å². The number of aromatic amines is 1. The molecule has 1 fully saturated rings. The van der Waals surface area contributed by atoms with Crippen molar-refractivity contribution in [2.45, 2.75) is 25.8 Å². The Balaban J connectivity index is 2.54. The molecule has 0 spiro atoms. The highest BCUT2D eigenvalue weighted by Crippen LogP contribution is 2.34. The topological polar surface area (TPSA) is 37.8 Å². The first-order valence-corrected chi connectivity index (χ1v) is 3.55. The van der Waals surface area contributed by atoms with E-state index in [4.69, 9.17) is 0 Å². The van der Waals surface area contributed by atoms with Gasteiger partial charge in [-0.05, 0) is 19.8 Å². The molecule has 1 aliphatic rings. The van der Waals surface area contributed by atoms with Crippen molar-refractivity contribution < 1.29 is 0 Å². The number of nitrogens with one attached hydrogen (secondary N) is 1. The Morgan fingerprint density at radius 2 is 2.40 bits per heavy atom. The average Bonchev–Trinajstić information content (AvgIpc) is 2.64. The van der Waals surface area contributed by atoms with Gasteiger partial charge < -0.3 is 4.98 Å². The number of aryl methyl sites for hydroxylation is 1. The van der Waals surface area contributed by atoms with E-state index in [0.717, 1.165) is 5.69 Å². The van der Waals surface area contributed by atoms with Crippen molar-refractivity contribution in [3.05, 3.63) is 22.4 Å². The molecular formula is C7H10N2O. The van der Waals surface area contributed by atoms with Crippen molar-refractivity contribution in [1.29, 1.82) is 0 Å². The Morgan fingerprint density at radius 3 is 2.80 bits per heavy atom. The number of hydrogen-bond acceptors (Lipinski definition) is 1. The molecule has 0 unspecified atom stereocenters. The molecule has 3 nitrogen and oxygen atoms in total. The zero-order valence-corrected chi connectivity index (χ0v) is 5.92. The van der Waals surface area contributed by atoms with E-state index >= 15 is 0 Å². The van der Waals surface area contributed by atoms with E-state index in [0.29, 0.717) is 6.04 Å². The summed E-state index contributed by atoms with van der Waals surface area (Å²) in [6.07, 6.45) is 4.10. The van der Waals surface area contributed by atoms with Gasteiger partial charge in [-0.1, -0.05) is 0 Å². The third kappa shape index (κ3) is 0.701. The molecule has 3 heteroatoms. The van der Waals surface area contributed by atoms with Crippen LogP contribution in [0.4, 0.5) is 0 Å². The number of rotatable bonds is 1. The summed E-state index contributed by atoms with van der Waals surface area (Å²) in [7, 11) is 0. The number of nitrogens with zero attached hydrogens (tertiary/aromatic N) is 1. The quantitative estimate of drug-likeness (QED) is 0.613. The van der Waals surface area contributed by atoms with E-state index in [2.05, 4.69) is 4.98 Å². The van der Waals surface area contributed by atoms with Crippen LogP contribution in [0, 0.1) is 6.92 Å². The molecule has 1 aromatic heterocycles. The standard InChI is InChI=1S/C7H10N2O/c1-5-4-8-7(10)9(5)6-2-3-6/h4,6H,2-3H2,1H3,(H,8,10). The van der Waals surface area contributed by atoms with Crippen molar-refractivity contribution in [2.24, 2.45) is 0 Å². The fourth-order valence-electron chi connectivity index (χ4n) is 1.25. The second kappa shape index (κ2) is 1.75. The Hall–Kier alpha value is -0.990. The number of imidazole rings is 1. The van der Waals surface area contributed by atoms with Crippen molar-refractivity contribution in [1.82, 2.24) is 9.55 Å². The Labute approximate surface area is 58.7 Å². The van der Waals surface area contributed by atoms with Gasteiger partial charge in [0.2, 0.25) is 0 Å². The zero-order valence-electron chi connectivity index (χ0n) is 5.92. The summed E-state index contributed by atoms with van der Waals surface area (Å²) in [4.78, 5) is 13.7. The van der Waals surface area contributed by atoms with E-state index < -0.39 is 0 Å². The van der Waals surface area contributed by atoms with Crippen LogP contribution in [-0.2, 0) is 0 Å². The van der Waals surface area contributed by atoms with Crippen LogP contribution in [0.25, 0.3) is 0 Å². The monoisotopic (exact) mass is 138 g/mol. The molecule has 1 heterocycles. The van der Waals surface area contributed by atoms with Crippen LogP contribution < -0.4 is 5.69 Å². The molecule has 1 N–H and O–H groups in total. The predicted molar refractivity (Wildman–Crippen MR) is 38.1 cm³/mol. The van der Waals surface area contributed by atoms with Crippen LogP contribution in [-0.4, -0.2) is 9.55 Å². The highest BCUT2D eigenvalue weighted by atomic mass is 16.1. The third-order valence-corrected chi connectivity index (χ3v) is 1.92. The van der Waals surface area contributed by atoms with E-state index in [-0.39, 0.29) is 5.69 Å². The Morgan fingerprint density at radius 1 is 1.70 bits per heavy atom. The molecule has 1 saturated carbocycles. The molecule has 1 aromatic rings. The fraction of sp³-hybridized carbons (Fsp3) is 0.571. The summed E-state index contributed by atoms with van der Waals surface area (Å²) >= 11 is 0. The molecule has 0 aromatic carbocycles. The molecule has 0 radical (unpaired) electrons. The van der Waals surface area contributed by atoms with E-state index in [9.17, 15) is 4.79 Å². The first-order chi connectivity index (χ1) is 4.79. The van der Waals surface area contributed by atoms with Crippen LogP contribution in [0.5, 0.6) is 0 Å². The second-order valence-electron chi connectivity index (χ2n) is 2.84. The van der Waals surface area contributed by atoms with Crippen LogP contribution >= 0.6 is 0 Å². The van der Waals surface area contributed by atoms with Crippen LogP contribution in [0.15, 0.2) is 11.0 Å². The highest BCUT2D eigenvalue weighted by molar-refractivity contribution is 5.00. The van der Waals surface area contributed by atoms with Gasteiger partial charge in [-0.25, -0.2) is 4.79 Å². The molecule has 54 valence electrons. The average molecular weight is 138 g/mol. The van der Waals surface area contributed by atoms with Gasteiger partial charge in [0.05, 0.1) is 0 Å². The molecule has 0 bridgehead atoms. The fourth-order valence-corrected chi connectivity index (χ4v) is 1.25. The third-order valence-electron chi connectivity index (χ3n) is 1.92. The first kappa shape index (κ1) is 5.77. The maximum absolute atomic E-state index is 11.0. The zero-order chi connectivity index (χ0) is 7.14. The minimum absolute atomic E-state index is 0.0417. The summed E-state index contributed by atoms with van der Waals surface area (Å²) in [5.74, 6) is 0. The lowest BCUT2D eigenvalue weighted by atomic mass is 10.5. The number of aromatic nitrogens is 2. The van der Waals surface area contributed by atoms with Crippen LogP contribution in [0.1, 0.15) is 24.6 Å². The summed E-state index contributed by atoms with van der Waals surface area (Å²) in [5.41, 5.74) is 1.09. The minimum atomic E-state index is 0.0417. The maximum atomic E-state index is 11.0. The van der Waals surface area contributed by atoms with Crippen molar-refractivity contribution in [3.8, 4) is 0 Å². The maximum Gasteiger partial charge on any atom is 0.325 e. The van der Waals surface area contributed by atoms with Crippen LogP contribution in [0.2, 0.25) is 0 Å². The summed E-state index contributed by atoms with van der Waals surface area (Å²) in [6.45, 7) is 1.95. The molecule has 0 amide bonds. The van der Waals surface area contributed by atoms with Crippen LogP contribution in [0.3, 0.4) is 0 Å². The lowest BCUT2D eigenvalue weighted by molar-refractivity contribution is 0.689. The lowest BCUT2D eigenvalue weighted by Crippen LogP contribution is -2.16. The van der Waals surface area contributed by atoms with Gasteiger partial charge in [0, 0.05) is 17.9 Å². The minimum Gasteiger partial charge on any atom is -0.312 e. The number of hydrogen-bond donors (Lipinski definition) is 1. The van der Waals surface area contributed by atoms with Crippen molar-refractivity contribution in [3.63, 3.8) is 0 Å². The van der Waals surface area contributed by atoms with E-state index in [1.165, 1.54) is 12.8 Å². The molecule has 2 rings (SSSR count). The lowest BCUT2D eigenvalue weighted by Gasteiger charge is -1.97. The van der Waals surface area contributed by atoms with Gasteiger partial charge in [-0.2, -0.15) is 0 Å². The van der Waals surface area contributed by atoms with Crippen molar-refractivity contribution >= 4 is 0 Å². The summed E-state index contributed by atoms with van der Waals surface area (Å²) < 4.78 is 1.83. The SMILES string of the molecule is Cc1c[nH]c(=O)n1C1CC1. The highest BCUT2D eigenvalue weighted by Gasteiger charge is 2.25. The molecule has 0 aliphatic heterocycles.